The summed E-state index contributed by atoms with van der Waals surface area (Å²) in [6.45, 7) is 1.04. The minimum atomic E-state index is -0.106. The third kappa shape index (κ3) is 4.50. The van der Waals surface area contributed by atoms with Gasteiger partial charge in [-0.2, -0.15) is 0 Å². The van der Waals surface area contributed by atoms with Gasteiger partial charge < -0.3 is 10.2 Å². The van der Waals surface area contributed by atoms with E-state index in [1.807, 2.05) is 49.5 Å². The first-order valence-corrected chi connectivity index (χ1v) is 8.10. The molecule has 1 amide bonds. The lowest BCUT2D eigenvalue weighted by Gasteiger charge is -2.10. The smallest absolute Gasteiger partial charge is 0.255 e. The quantitative estimate of drug-likeness (QED) is 0.911. The van der Waals surface area contributed by atoms with Gasteiger partial charge in [-0.05, 0) is 36.4 Å². The minimum Gasteiger partial charge on any atom is -0.353 e. The molecule has 0 saturated carbocycles. The molecule has 2 aromatic carbocycles. The molecule has 6 heteroatoms. The summed E-state index contributed by atoms with van der Waals surface area (Å²) in [4.78, 5) is 18.8. The van der Waals surface area contributed by atoms with Crippen LogP contribution in [0.5, 0.6) is 0 Å². The maximum atomic E-state index is 12.1. The standard InChI is InChI=1S/C17H17N3OS.ClH/c1-20-11-12-22-17(20)19-15-9-7-14(8-10-15)18-16(21)13-5-3-2-4-6-13;/h2-10H,11-12H2,1H3,(H,18,21);1H. The highest BCUT2D eigenvalue weighted by Crippen LogP contribution is 2.23. The minimum absolute atomic E-state index is 0. The molecule has 23 heavy (non-hydrogen) atoms. The molecular weight excluding hydrogens is 330 g/mol. The average molecular weight is 348 g/mol. The lowest BCUT2D eigenvalue weighted by molar-refractivity contribution is 0.102. The van der Waals surface area contributed by atoms with Crippen LogP contribution >= 0.6 is 24.2 Å². The monoisotopic (exact) mass is 347 g/mol. The highest BCUT2D eigenvalue weighted by molar-refractivity contribution is 8.14. The third-order valence-electron chi connectivity index (χ3n) is 3.37. The number of rotatable bonds is 3. The van der Waals surface area contributed by atoms with Crippen molar-refractivity contribution in [3.8, 4) is 0 Å². The summed E-state index contributed by atoms with van der Waals surface area (Å²) in [6, 6.07) is 16.8. The van der Waals surface area contributed by atoms with Gasteiger partial charge in [0.25, 0.3) is 5.91 Å². The molecule has 0 spiro atoms. The van der Waals surface area contributed by atoms with Crippen molar-refractivity contribution in [1.29, 1.82) is 0 Å². The number of halogens is 1. The van der Waals surface area contributed by atoms with Crippen LogP contribution < -0.4 is 5.32 Å². The molecule has 120 valence electrons. The Bertz CT molecular complexity index is 689. The van der Waals surface area contributed by atoms with Crippen molar-refractivity contribution < 1.29 is 4.79 Å². The second-order valence-electron chi connectivity index (χ2n) is 5.03. The molecule has 0 unspecified atom stereocenters. The predicted octanol–water partition coefficient (Wildman–Crippen LogP) is 4.03. The lowest BCUT2D eigenvalue weighted by Crippen LogP contribution is -2.17. The molecule has 3 rings (SSSR count). The van der Waals surface area contributed by atoms with Crippen molar-refractivity contribution in [3.05, 3.63) is 60.2 Å². The highest BCUT2D eigenvalue weighted by atomic mass is 35.5. The van der Waals surface area contributed by atoms with Crippen molar-refractivity contribution in [2.24, 2.45) is 4.99 Å². The van der Waals surface area contributed by atoms with Crippen LogP contribution in [0.1, 0.15) is 10.4 Å². The SMILES string of the molecule is CN1CCSC1=Nc1ccc(NC(=O)c2ccccc2)cc1.Cl. The first-order valence-electron chi connectivity index (χ1n) is 7.11. The Labute approximate surface area is 146 Å². The largest absolute Gasteiger partial charge is 0.353 e. The van der Waals surface area contributed by atoms with E-state index >= 15 is 0 Å². The van der Waals surface area contributed by atoms with E-state index in [0.717, 1.165) is 28.8 Å². The number of hydrogen-bond acceptors (Lipinski definition) is 3. The topological polar surface area (TPSA) is 44.7 Å². The lowest BCUT2D eigenvalue weighted by atomic mass is 10.2. The van der Waals surface area contributed by atoms with Gasteiger partial charge >= 0.3 is 0 Å². The molecule has 4 nitrogen and oxygen atoms in total. The average Bonchev–Trinajstić information content (AvgIpc) is 2.95. The highest BCUT2D eigenvalue weighted by Gasteiger charge is 2.14. The fourth-order valence-corrected chi connectivity index (χ4v) is 3.15. The van der Waals surface area contributed by atoms with Crippen LogP contribution in [0.3, 0.4) is 0 Å². The van der Waals surface area contributed by atoms with Gasteiger partial charge in [0.1, 0.15) is 0 Å². The Hall–Kier alpha value is -1.98. The van der Waals surface area contributed by atoms with Gasteiger partial charge in [0.05, 0.1) is 5.69 Å². The van der Waals surface area contributed by atoms with Crippen molar-refractivity contribution in [3.63, 3.8) is 0 Å². The van der Waals surface area contributed by atoms with Crippen molar-refractivity contribution in [2.75, 3.05) is 24.7 Å². The number of carbonyl (C=O) groups is 1. The van der Waals surface area contributed by atoms with Crippen LogP contribution in [0.4, 0.5) is 11.4 Å². The number of hydrogen-bond donors (Lipinski definition) is 1. The normalized spacial score (nSPS) is 15.3. The summed E-state index contributed by atoms with van der Waals surface area (Å²) in [6.07, 6.45) is 0. The first kappa shape index (κ1) is 17.4. The van der Waals surface area contributed by atoms with Gasteiger partial charge in [0, 0.05) is 30.6 Å². The van der Waals surface area contributed by atoms with Crippen LogP contribution in [0.15, 0.2) is 59.6 Å². The van der Waals surface area contributed by atoms with E-state index in [2.05, 4.69) is 15.2 Å². The van der Waals surface area contributed by atoms with Crippen LogP contribution in [0, 0.1) is 0 Å². The van der Waals surface area contributed by atoms with Gasteiger partial charge in [-0.3, -0.25) is 4.79 Å². The van der Waals surface area contributed by atoms with Crippen molar-refractivity contribution >= 4 is 46.6 Å². The summed E-state index contributed by atoms with van der Waals surface area (Å²) in [5.74, 6) is 0.978. The van der Waals surface area contributed by atoms with Gasteiger partial charge in [0.2, 0.25) is 0 Å². The molecule has 2 aromatic rings. The molecular formula is C17H18ClN3OS. The van der Waals surface area contributed by atoms with Crippen LogP contribution in [-0.2, 0) is 0 Å². The van der Waals surface area contributed by atoms with E-state index in [4.69, 9.17) is 0 Å². The van der Waals surface area contributed by atoms with E-state index in [1.165, 1.54) is 0 Å². The molecule has 1 aliphatic heterocycles. The molecule has 1 fully saturated rings. The Kier molecular flexibility index (Phi) is 6.07. The molecule has 1 saturated heterocycles. The van der Waals surface area contributed by atoms with Gasteiger partial charge in [-0.15, -0.1) is 12.4 Å². The zero-order valence-electron chi connectivity index (χ0n) is 12.7. The summed E-state index contributed by atoms with van der Waals surface area (Å²) in [7, 11) is 2.05. The molecule has 0 aromatic heterocycles. The maximum absolute atomic E-state index is 12.1. The number of amides is 1. The zero-order valence-corrected chi connectivity index (χ0v) is 14.4. The Balaban J connectivity index is 0.00000192. The number of anilines is 1. The van der Waals surface area contributed by atoms with Gasteiger partial charge in [-0.25, -0.2) is 4.99 Å². The molecule has 1 heterocycles. The van der Waals surface area contributed by atoms with E-state index in [9.17, 15) is 4.79 Å². The fraction of sp³-hybridized carbons (Fsp3) is 0.176. The summed E-state index contributed by atoms with van der Waals surface area (Å²) < 4.78 is 0. The summed E-state index contributed by atoms with van der Waals surface area (Å²) in [5, 5.41) is 3.93. The van der Waals surface area contributed by atoms with E-state index < -0.39 is 0 Å². The van der Waals surface area contributed by atoms with E-state index in [-0.39, 0.29) is 18.3 Å². The van der Waals surface area contributed by atoms with Crippen LogP contribution in [-0.4, -0.2) is 35.3 Å². The summed E-state index contributed by atoms with van der Waals surface area (Å²) in [5.41, 5.74) is 2.31. The second-order valence-corrected chi connectivity index (χ2v) is 6.09. The third-order valence-corrected chi connectivity index (χ3v) is 4.42. The molecule has 0 aliphatic carbocycles. The predicted molar refractivity (Wildman–Crippen MR) is 100 cm³/mol. The molecule has 1 N–H and O–H groups in total. The van der Waals surface area contributed by atoms with E-state index in [0.29, 0.717) is 5.56 Å². The second kappa shape index (κ2) is 8.04. The zero-order chi connectivity index (χ0) is 15.4. The van der Waals surface area contributed by atoms with Crippen molar-refractivity contribution in [2.45, 2.75) is 0 Å². The number of benzene rings is 2. The molecule has 1 aliphatic rings. The maximum Gasteiger partial charge on any atom is 0.255 e. The molecule has 0 bridgehead atoms. The van der Waals surface area contributed by atoms with Crippen molar-refractivity contribution in [1.82, 2.24) is 4.90 Å². The molecule has 0 atom stereocenters. The van der Waals surface area contributed by atoms with Gasteiger partial charge in [0.15, 0.2) is 5.17 Å². The Morgan fingerprint density at radius 1 is 1.13 bits per heavy atom. The number of nitrogens with zero attached hydrogens (tertiary/aromatic N) is 2. The number of aliphatic imine (C=N–C) groups is 1. The Morgan fingerprint density at radius 2 is 1.83 bits per heavy atom. The van der Waals surface area contributed by atoms with Crippen LogP contribution in [0.25, 0.3) is 0 Å². The summed E-state index contributed by atoms with van der Waals surface area (Å²) >= 11 is 1.76. The number of amidine groups is 1. The number of carbonyl (C=O) groups excluding carboxylic acids is 1. The Morgan fingerprint density at radius 3 is 2.43 bits per heavy atom. The number of nitrogens with one attached hydrogen (secondary N) is 1. The first-order chi connectivity index (χ1) is 10.7. The molecule has 0 radical (unpaired) electrons. The fourth-order valence-electron chi connectivity index (χ4n) is 2.12. The van der Waals surface area contributed by atoms with Crippen LogP contribution in [0.2, 0.25) is 0 Å². The van der Waals surface area contributed by atoms with Gasteiger partial charge in [-0.1, -0.05) is 30.0 Å². The number of thioether (sulfide) groups is 1. The van der Waals surface area contributed by atoms with E-state index in [1.54, 1.807) is 23.9 Å².